The van der Waals surface area contributed by atoms with E-state index in [0.717, 1.165) is 0 Å². The third-order valence-corrected chi connectivity index (χ3v) is 2.24. The van der Waals surface area contributed by atoms with Gasteiger partial charge in [-0.2, -0.15) is 0 Å². The van der Waals surface area contributed by atoms with Crippen LogP contribution >= 0.6 is 0 Å². The summed E-state index contributed by atoms with van der Waals surface area (Å²) >= 11 is 0. The Bertz CT molecular complexity index is 418. The zero-order chi connectivity index (χ0) is 13.4. The number of rotatable bonds is 6. The summed E-state index contributed by atoms with van der Waals surface area (Å²) in [6.45, 7) is 4.56. The van der Waals surface area contributed by atoms with E-state index in [4.69, 9.17) is 4.74 Å². The van der Waals surface area contributed by atoms with Crippen molar-refractivity contribution in [2.45, 2.75) is 13.8 Å². The van der Waals surface area contributed by atoms with E-state index in [1.807, 2.05) is 6.92 Å². The quantitative estimate of drug-likeness (QED) is 0.749. The Morgan fingerprint density at radius 2 is 1.94 bits per heavy atom. The van der Waals surface area contributed by atoms with Crippen molar-refractivity contribution in [1.82, 2.24) is 5.32 Å². The molecular formula is C13H18N2O3. The molecule has 0 aromatic heterocycles. The van der Waals surface area contributed by atoms with Gasteiger partial charge in [-0.3, -0.25) is 9.59 Å². The average Bonchev–Trinajstić information content (AvgIpc) is 2.37. The molecule has 0 radical (unpaired) electrons. The molecule has 0 atom stereocenters. The van der Waals surface area contributed by atoms with Gasteiger partial charge in [0.05, 0.1) is 12.2 Å². The van der Waals surface area contributed by atoms with E-state index in [1.165, 1.54) is 0 Å². The molecule has 1 amide bonds. The first-order chi connectivity index (χ1) is 8.69. The Kier molecular flexibility index (Phi) is 5.70. The number of ether oxygens (including phenoxy) is 1. The highest BCUT2D eigenvalue weighted by Gasteiger charge is 2.10. The SMILES string of the molecule is CCNC(=O)c1ccccc1NCC(=O)OCC. The third kappa shape index (κ3) is 4.08. The number of carbonyl (C=O) groups is 2. The molecule has 0 bridgehead atoms. The van der Waals surface area contributed by atoms with Crippen molar-refractivity contribution >= 4 is 17.6 Å². The van der Waals surface area contributed by atoms with Crippen LogP contribution in [0.4, 0.5) is 5.69 Å². The lowest BCUT2D eigenvalue weighted by Crippen LogP contribution is -2.25. The van der Waals surface area contributed by atoms with Crippen LogP contribution in [0.5, 0.6) is 0 Å². The summed E-state index contributed by atoms with van der Waals surface area (Å²) in [6.07, 6.45) is 0. The molecule has 2 N–H and O–H groups in total. The van der Waals surface area contributed by atoms with Gasteiger partial charge in [0.15, 0.2) is 0 Å². The first-order valence-corrected chi connectivity index (χ1v) is 5.95. The second kappa shape index (κ2) is 7.32. The number of carbonyl (C=O) groups excluding carboxylic acids is 2. The maximum atomic E-state index is 11.8. The lowest BCUT2D eigenvalue weighted by Gasteiger charge is -2.11. The topological polar surface area (TPSA) is 67.4 Å². The highest BCUT2D eigenvalue weighted by Crippen LogP contribution is 2.14. The molecule has 0 aliphatic carbocycles. The third-order valence-electron chi connectivity index (χ3n) is 2.24. The second-order valence-electron chi connectivity index (χ2n) is 3.56. The minimum absolute atomic E-state index is 0.0459. The van der Waals surface area contributed by atoms with Gasteiger partial charge in [0.1, 0.15) is 6.54 Å². The highest BCUT2D eigenvalue weighted by atomic mass is 16.5. The van der Waals surface area contributed by atoms with Gasteiger partial charge >= 0.3 is 5.97 Å². The van der Waals surface area contributed by atoms with Gasteiger partial charge in [0.25, 0.3) is 5.91 Å². The summed E-state index contributed by atoms with van der Waals surface area (Å²) in [4.78, 5) is 23.0. The summed E-state index contributed by atoms with van der Waals surface area (Å²) in [5.74, 6) is -0.507. The maximum Gasteiger partial charge on any atom is 0.325 e. The minimum atomic E-state index is -0.344. The molecule has 98 valence electrons. The fraction of sp³-hybridized carbons (Fsp3) is 0.385. The summed E-state index contributed by atoms with van der Waals surface area (Å²) in [7, 11) is 0. The fourth-order valence-corrected chi connectivity index (χ4v) is 1.47. The van der Waals surface area contributed by atoms with Gasteiger partial charge in [-0.25, -0.2) is 0 Å². The normalized spacial score (nSPS) is 9.67. The molecule has 0 fully saturated rings. The molecule has 0 spiro atoms. The monoisotopic (exact) mass is 250 g/mol. The number of amides is 1. The number of benzene rings is 1. The Morgan fingerprint density at radius 1 is 1.22 bits per heavy atom. The van der Waals surface area contributed by atoms with Crippen molar-refractivity contribution in [3.8, 4) is 0 Å². The molecule has 5 heteroatoms. The molecule has 0 saturated heterocycles. The van der Waals surface area contributed by atoms with Gasteiger partial charge in [0, 0.05) is 12.2 Å². The van der Waals surface area contributed by atoms with Gasteiger partial charge in [-0.05, 0) is 26.0 Å². The molecule has 0 heterocycles. The Hall–Kier alpha value is -2.04. The van der Waals surface area contributed by atoms with Gasteiger partial charge in [-0.15, -0.1) is 0 Å². The molecule has 0 saturated carbocycles. The highest BCUT2D eigenvalue weighted by molar-refractivity contribution is 5.99. The smallest absolute Gasteiger partial charge is 0.325 e. The summed E-state index contributed by atoms with van der Waals surface area (Å²) in [5.41, 5.74) is 1.14. The van der Waals surface area contributed by atoms with Crippen molar-refractivity contribution in [1.29, 1.82) is 0 Å². The zero-order valence-corrected chi connectivity index (χ0v) is 10.7. The van der Waals surface area contributed by atoms with Crippen LogP contribution in [0.3, 0.4) is 0 Å². The molecular weight excluding hydrogens is 232 g/mol. The van der Waals surface area contributed by atoms with E-state index < -0.39 is 0 Å². The van der Waals surface area contributed by atoms with E-state index >= 15 is 0 Å². The van der Waals surface area contributed by atoms with Crippen molar-refractivity contribution in [3.63, 3.8) is 0 Å². The first-order valence-electron chi connectivity index (χ1n) is 5.95. The molecule has 18 heavy (non-hydrogen) atoms. The summed E-state index contributed by atoms with van der Waals surface area (Å²) in [6, 6.07) is 7.04. The number of nitrogens with one attached hydrogen (secondary N) is 2. The van der Waals surface area contributed by atoms with Gasteiger partial charge < -0.3 is 15.4 Å². The summed E-state index contributed by atoms with van der Waals surface area (Å²) < 4.78 is 4.81. The molecule has 5 nitrogen and oxygen atoms in total. The van der Waals surface area contributed by atoms with Crippen LogP contribution in [0.25, 0.3) is 0 Å². The van der Waals surface area contributed by atoms with E-state index in [2.05, 4.69) is 10.6 Å². The molecule has 0 unspecified atom stereocenters. The largest absolute Gasteiger partial charge is 0.465 e. The van der Waals surface area contributed by atoms with Crippen LogP contribution in [0.1, 0.15) is 24.2 Å². The fourth-order valence-electron chi connectivity index (χ4n) is 1.47. The van der Waals surface area contributed by atoms with Crippen LogP contribution < -0.4 is 10.6 Å². The van der Waals surface area contributed by atoms with Crippen molar-refractivity contribution in [2.75, 3.05) is 25.0 Å². The Morgan fingerprint density at radius 3 is 2.61 bits per heavy atom. The van der Waals surface area contributed by atoms with E-state index in [0.29, 0.717) is 24.4 Å². The molecule has 0 aliphatic rings. The lowest BCUT2D eigenvalue weighted by molar-refractivity contribution is -0.140. The summed E-state index contributed by atoms with van der Waals surface area (Å²) in [5, 5.41) is 5.62. The first kappa shape index (κ1) is 14.0. The second-order valence-corrected chi connectivity index (χ2v) is 3.56. The number of hydrogen-bond acceptors (Lipinski definition) is 4. The molecule has 1 aromatic carbocycles. The zero-order valence-electron chi connectivity index (χ0n) is 10.7. The number of esters is 1. The minimum Gasteiger partial charge on any atom is -0.465 e. The van der Waals surface area contributed by atoms with E-state index in [1.54, 1.807) is 31.2 Å². The van der Waals surface area contributed by atoms with Crippen LogP contribution in [-0.2, 0) is 9.53 Å². The predicted molar refractivity (Wildman–Crippen MR) is 69.6 cm³/mol. The van der Waals surface area contributed by atoms with Gasteiger partial charge in [-0.1, -0.05) is 12.1 Å². The van der Waals surface area contributed by atoms with E-state index in [-0.39, 0.29) is 18.4 Å². The van der Waals surface area contributed by atoms with Crippen molar-refractivity contribution in [3.05, 3.63) is 29.8 Å². The number of para-hydroxylation sites is 1. The average molecular weight is 250 g/mol. The van der Waals surface area contributed by atoms with E-state index in [9.17, 15) is 9.59 Å². The molecule has 1 aromatic rings. The Balaban J connectivity index is 2.70. The van der Waals surface area contributed by atoms with Gasteiger partial charge in [0.2, 0.25) is 0 Å². The molecule has 1 rings (SSSR count). The van der Waals surface area contributed by atoms with Crippen LogP contribution in [0, 0.1) is 0 Å². The number of hydrogen-bond donors (Lipinski definition) is 2. The van der Waals surface area contributed by atoms with Crippen LogP contribution in [-0.4, -0.2) is 31.6 Å². The lowest BCUT2D eigenvalue weighted by atomic mass is 10.1. The standard InChI is InChI=1S/C13H18N2O3/c1-3-14-13(17)10-7-5-6-8-11(10)15-9-12(16)18-4-2/h5-8,15H,3-4,9H2,1-2H3,(H,14,17). The van der Waals surface area contributed by atoms with Crippen molar-refractivity contribution < 1.29 is 14.3 Å². The predicted octanol–water partition coefficient (Wildman–Crippen LogP) is 1.41. The maximum absolute atomic E-state index is 11.8. The van der Waals surface area contributed by atoms with Crippen molar-refractivity contribution in [2.24, 2.45) is 0 Å². The van der Waals surface area contributed by atoms with Crippen LogP contribution in [0.15, 0.2) is 24.3 Å². The number of anilines is 1. The Labute approximate surface area is 107 Å². The molecule has 0 aliphatic heterocycles. The van der Waals surface area contributed by atoms with Crippen LogP contribution in [0.2, 0.25) is 0 Å².